The first-order chi connectivity index (χ1) is 12.3. The van der Waals surface area contributed by atoms with Gasteiger partial charge in [-0.05, 0) is 42.9 Å². The molecule has 1 fully saturated rings. The summed E-state index contributed by atoms with van der Waals surface area (Å²) in [5.41, 5.74) is 2.33. The number of carbonyl (C=O) groups is 1. The van der Waals surface area contributed by atoms with Gasteiger partial charge in [-0.15, -0.1) is 0 Å². The first-order valence-electron chi connectivity index (χ1n) is 9.25. The molecule has 1 aromatic carbocycles. The number of piperidine rings is 1. The van der Waals surface area contributed by atoms with E-state index in [-0.39, 0.29) is 5.91 Å². The summed E-state index contributed by atoms with van der Waals surface area (Å²) in [4.78, 5) is 18.9. The topological polar surface area (TPSA) is 45.2 Å². The van der Waals surface area contributed by atoms with Gasteiger partial charge in [0.15, 0.2) is 0 Å². The molecule has 0 spiro atoms. The summed E-state index contributed by atoms with van der Waals surface area (Å²) in [6, 6.07) is 14.8. The molecule has 1 amide bonds. The normalized spacial score (nSPS) is 16.4. The molecule has 1 N–H and O–H groups in total. The van der Waals surface area contributed by atoms with Gasteiger partial charge in [0.25, 0.3) is 0 Å². The van der Waals surface area contributed by atoms with Gasteiger partial charge in [0.1, 0.15) is 0 Å². The SMILES string of the molecule is CC[C@@H](CC(=O)N1CCC(Nc2cccnc2)CC1)c1ccccc1. The molecule has 2 aromatic rings. The van der Waals surface area contributed by atoms with Crippen LogP contribution in [-0.4, -0.2) is 34.9 Å². The highest BCUT2D eigenvalue weighted by atomic mass is 16.2. The van der Waals surface area contributed by atoms with Crippen LogP contribution in [0.5, 0.6) is 0 Å². The van der Waals surface area contributed by atoms with E-state index in [0.29, 0.717) is 18.4 Å². The largest absolute Gasteiger partial charge is 0.381 e. The molecule has 25 heavy (non-hydrogen) atoms. The van der Waals surface area contributed by atoms with E-state index in [4.69, 9.17) is 0 Å². The zero-order chi connectivity index (χ0) is 17.5. The van der Waals surface area contributed by atoms with Crippen molar-refractivity contribution in [1.82, 2.24) is 9.88 Å². The molecule has 1 aliphatic rings. The van der Waals surface area contributed by atoms with Crippen molar-refractivity contribution in [3.63, 3.8) is 0 Å². The summed E-state index contributed by atoms with van der Waals surface area (Å²) in [7, 11) is 0. The van der Waals surface area contributed by atoms with E-state index in [2.05, 4.69) is 41.5 Å². The van der Waals surface area contributed by atoms with Crippen molar-refractivity contribution in [2.75, 3.05) is 18.4 Å². The lowest BCUT2D eigenvalue weighted by Crippen LogP contribution is -2.42. The van der Waals surface area contributed by atoms with Gasteiger partial charge < -0.3 is 10.2 Å². The minimum atomic E-state index is 0.288. The number of hydrogen-bond donors (Lipinski definition) is 1. The number of aromatic nitrogens is 1. The van der Waals surface area contributed by atoms with E-state index >= 15 is 0 Å². The fourth-order valence-electron chi connectivity index (χ4n) is 3.52. The number of anilines is 1. The monoisotopic (exact) mass is 337 g/mol. The first kappa shape index (κ1) is 17.5. The summed E-state index contributed by atoms with van der Waals surface area (Å²) in [6.07, 6.45) is 7.22. The highest BCUT2D eigenvalue weighted by molar-refractivity contribution is 5.77. The maximum absolute atomic E-state index is 12.7. The Balaban J connectivity index is 1.49. The first-order valence-corrected chi connectivity index (χ1v) is 9.25. The molecule has 0 radical (unpaired) electrons. The second-order valence-electron chi connectivity index (χ2n) is 6.76. The van der Waals surface area contributed by atoms with Gasteiger partial charge in [-0.25, -0.2) is 0 Å². The lowest BCUT2D eigenvalue weighted by molar-refractivity contribution is -0.132. The van der Waals surface area contributed by atoms with Crippen molar-refractivity contribution in [2.24, 2.45) is 0 Å². The van der Waals surface area contributed by atoms with Crippen LogP contribution in [0.2, 0.25) is 0 Å². The molecule has 0 bridgehead atoms. The van der Waals surface area contributed by atoms with Crippen molar-refractivity contribution in [2.45, 2.75) is 44.6 Å². The lowest BCUT2D eigenvalue weighted by Gasteiger charge is -2.33. The van der Waals surface area contributed by atoms with Gasteiger partial charge in [-0.3, -0.25) is 9.78 Å². The van der Waals surface area contributed by atoms with Crippen LogP contribution < -0.4 is 5.32 Å². The maximum Gasteiger partial charge on any atom is 0.223 e. The van der Waals surface area contributed by atoms with E-state index in [1.54, 1.807) is 6.20 Å². The Hall–Kier alpha value is -2.36. The highest BCUT2D eigenvalue weighted by Gasteiger charge is 2.24. The van der Waals surface area contributed by atoms with Gasteiger partial charge in [0, 0.05) is 37.9 Å². The zero-order valence-corrected chi connectivity index (χ0v) is 14.9. The molecule has 3 rings (SSSR count). The van der Waals surface area contributed by atoms with Crippen LogP contribution in [0.4, 0.5) is 5.69 Å². The van der Waals surface area contributed by atoms with Crippen molar-refractivity contribution >= 4 is 11.6 Å². The third-order valence-electron chi connectivity index (χ3n) is 5.06. The molecular formula is C21H27N3O. The maximum atomic E-state index is 12.7. The van der Waals surface area contributed by atoms with E-state index in [1.807, 2.05) is 29.3 Å². The summed E-state index contributed by atoms with van der Waals surface area (Å²) in [5.74, 6) is 0.607. The number of amides is 1. The average molecular weight is 337 g/mol. The number of likely N-dealkylation sites (tertiary alicyclic amines) is 1. The number of nitrogens with one attached hydrogen (secondary N) is 1. The van der Waals surface area contributed by atoms with Crippen LogP contribution in [0, 0.1) is 0 Å². The number of hydrogen-bond acceptors (Lipinski definition) is 3. The second-order valence-corrected chi connectivity index (χ2v) is 6.76. The predicted molar refractivity (Wildman–Crippen MR) is 102 cm³/mol. The summed E-state index contributed by atoms with van der Waals surface area (Å²) in [6.45, 7) is 3.83. The molecule has 132 valence electrons. The second kappa shape index (κ2) is 8.65. The van der Waals surface area contributed by atoms with Gasteiger partial charge in [-0.2, -0.15) is 0 Å². The van der Waals surface area contributed by atoms with Crippen molar-refractivity contribution in [3.8, 4) is 0 Å². The number of pyridine rings is 1. The number of rotatable bonds is 6. The van der Waals surface area contributed by atoms with Crippen molar-refractivity contribution in [1.29, 1.82) is 0 Å². The van der Waals surface area contributed by atoms with Crippen LogP contribution in [0.15, 0.2) is 54.9 Å². The van der Waals surface area contributed by atoms with E-state index in [9.17, 15) is 4.79 Å². The summed E-state index contributed by atoms with van der Waals surface area (Å²) < 4.78 is 0. The van der Waals surface area contributed by atoms with Gasteiger partial charge in [-0.1, -0.05) is 37.3 Å². The molecule has 1 aromatic heterocycles. The Bertz CT molecular complexity index is 651. The quantitative estimate of drug-likeness (QED) is 0.864. The average Bonchev–Trinajstić information content (AvgIpc) is 2.68. The molecule has 4 nitrogen and oxygen atoms in total. The van der Waals surface area contributed by atoms with Crippen LogP contribution in [0.25, 0.3) is 0 Å². The van der Waals surface area contributed by atoms with Crippen LogP contribution in [0.3, 0.4) is 0 Å². The Labute approximate surface area is 150 Å². The van der Waals surface area contributed by atoms with E-state index in [0.717, 1.165) is 38.0 Å². The zero-order valence-electron chi connectivity index (χ0n) is 14.9. The molecule has 1 saturated heterocycles. The van der Waals surface area contributed by atoms with Crippen LogP contribution >= 0.6 is 0 Å². The van der Waals surface area contributed by atoms with Crippen molar-refractivity contribution in [3.05, 3.63) is 60.4 Å². The minimum Gasteiger partial charge on any atom is -0.381 e. The smallest absolute Gasteiger partial charge is 0.223 e. The Morgan fingerprint density at radius 1 is 1.20 bits per heavy atom. The fourth-order valence-corrected chi connectivity index (χ4v) is 3.52. The van der Waals surface area contributed by atoms with E-state index in [1.165, 1.54) is 5.56 Å². The number of nitrogens with zero attached hydrogens (tertiary/aromatic N) is 2. The third-order valence-corrected chi connectivity index (χ3v) is 5.06. The number of benzene rings is 1. The molecule has 4 heteroatoms. The number of carbonyl (C=O) groups excluding carboxylic acids is 1. The highest BCUT2D eigenvalue weighted by Crippen LogP contribution is 2.25. The van der Waals surface area contributed by atoms with Crippen molar-refractivity contribution < 1.29 is 4.79 Å². The molecule has 1 atom stereocenters. The Morgan fingerprint density at radius 2 is 1.96 bits per heavy atom. The van der Waals surface area contributed by atoms with Gasteiger partial charge in [0.2, 0.25) is 5.91 Å². The van der Waals surface area contributed by atoms with Crippen LogP contribution in [-0.2, 0) is 4.79 Å². The molecule has 0 saturated carbocycles. The Kier molecular flexibility index (Phi) is 6.04. The molecule has 1 aliphatic heterocycles. The third kappa shape index (κ3) is 4.81. The molecular weight excluding hydrogens is 310 g/mol. The van der Waals surface area contributed by atoms with Crippen LogP contribution in [0.1, 0.15) is 44.1 Å². The lowest BCUT2D eigenvalue weighted by atomic mass is 9.92. The fraction of sp³-hybridized carbons (Fsp3) is 0.429. The summed E-state index contributed by atoms with van der Waals surface area (Å²) in [5, 5.41) is 3.52. The molecule has 0 aliphatic carbocycles. The standard InChI is InChI=1S/C21H27N3O/c1-2-17(18-7-4-3-5-8-18)15-21(25)24-13-10-19(11-14-24)23-20-9-6-12-22-16-20/h3-9,12,16-17,19,23H,2,10-11,13-15H2,1H3/t17-/m0/s1. The van der Waals surface area contributed by atoms with Gasteiger partial charge >= 0.3 is 0 Å². The summed E-state index contributed by atoms with van der Waals surface area (Å²) >= 11 is 0. The minimum absolute atomic E-state index is 0.288. The van der Waals surface area contributed by atoms with Gasteiger partial charge in [0.05, 0.1) is 5.69 Å². The Morgan fingerprint density at radius 3 is 2.60 bits per heavy atom. The molecule has 0 unspecified atom stereocenters. The van der Waals surface area contributed by atoms with E-state index < -0.39 is 0 Å². The predicted octanol–water partition coefficient (Wildman–Crippen LogP) is 4.07. The molecule has 2 heterocycles.